The Labute approximate surface area is 111 Å². The highest BCUT2D eigenvalue weighted by Gasteiger charge is 2.07. The number of aromatic nitrogens is 1. The van der Waals surface area contributed by atoms with Gasteiger partial charge in [0.15, 0.2) is 0 Å². The maximum atomic E-state index is 12.1. The Balaban J connectivity index is 2.15. The Kier molecular flexibility index (Phi) is 3.97. The Morgan fingerprint density at radius 2 is 2.11 bits per heavy atom. The zero-order valence-electron chi connectivity index (χ0n) is 10.8. The van der Waals surface area contributed by atoms with E-state index in [4.69, 9.17) is 4.74 Å². The Hall–Kier alpha value is -2.56. The molecule has 5 nitrogen and oxygen atoms in total. The fourth-order valence-corrected chi connectivity index (χ4v) is 1.61. The SMILES string of the molecule is CNc1cc(C(=O)Nc2cccc(OC)c2)ccn1. The number of carbonyl (C=O) groups is 1. The minimum atomic E-state index is -0.188. The lowest BCUT2D eigenvalue weighted by Gasteiger charge is -2.07. The van der Waals surface area contributed by atoms with Gasteiger partial charge in [-0.05, 0) is 24.3 Å². The zero-order chi connectivity index (χ0) is 13.7. The average Bonchev–Trinajstić information content (AvgIpc) is 2.47. The largest absolute Gasteiger partial charge is 0.497 e. The summed E-state index contributed by atoms with van der Waals surface area (Å²) >= 11 is 0. The van der Waals surface area contributed by atoms with Gasteiger partial charge in [0.1, 0.15) is 11.6 Å². The maximum absolute atomic E-state index is 12.1. The van der Waals surface area contributed by atoms with Crippen molar-refractivity contribution in [2.45, 2.75) is 0 Å². The molecule has 1 amide bonds. The van der Waals surface area contributed by atoms with Crippen LogP contribution < -0.4 is 15.4 Å². The minimum absolute atomic E-state index is 0.188. The molecule has 19 heavy (non-hydrogen) atoms. The first kappa shape index (κ1) is 12.9. The van der Waals surface area contributed by atoms with Gasteiger partial charge in [-0.15, -0.1) is 0 Å². The smallest absolute Gasteiger partial charge is 0.255 e. The summed E-state index contributed by atoms with van der Waals surface area (Å²) in [6.07, 6.45) is 1.59. The number of methoxy groups -OCH3 is 1. The number of anilines is 2. The fraction of sp³-hybridized carbons (Fsp3) is 0.143. The van der Waals surface area contributed by atoms with Gasteiger partial charge in [-0.3, -0.25) is 4.79 Å². The van der Waals surface area contributed by atoms with Crippen molar-refractivity contribution < 1.29 is 9.53 Å². The molecule has 0 radical (unpaired) electrons. The van der Waals surface area contributed by atoms with E-state index in [1.165, 1.54) is 0 Å². The van der Waals surface area contributed by atoms with E-state index < -0.39 is 0 Å². The molecule has 2 N–H and O–H groups in total. The summed E-state index contributed by atoms with van der Waals surface area (Å²) < 4.78 is 5.11. The summed E-state index contributed by atoms with van der Waals surface area (Å²) in [7, 11) is 3.34. The normalized spacial score (nSPS) is 9.79. The van der Waals surface area contributed by atoms with Crippen LogP contribution in [0, 0.1) is 0 Å². The monoisotopic (exact) mass is 257 g/mol. The molecule has 0 aliphatic heterocycles. The first-order chi connectivity index (χ1) is 9.22. The molecule has 98 valence electrons. The predicted molar refractivity (Wildman–Crippen MR) is 74.7 cm³/mol. The molecule has 0 fully saturated rings. The second kappa shape index (κ2) is 5.86. The molecule has 0 aliphatic carbocycles. The van der Waals surface area contributed by atoms with Crippen molar-refractivity contribution in [2.75, 3.05) is 24.8 Å². The van der Waals surface area contributed by atoms with Crippen molar-refractivity contribution in [1.29, 1.82) is 0 Å². The molecule has 0 bridgehead atoms. The van der Waals surface area contributed by atoms with Crippen LogP contribution in [-0.2, 0) is 0 Å². The number of benzene rings is 1. The fourth-order valence-electron chi connectivity index (χ4n) is 1.61. The van der Waals surface area contributed by atoms with E-state index in [-0.39, 0.29) is 5.91 Å². The lowest BCUT2D eigenvalue weighted by atomic mass is 10.2. The number of carbonyl (C=O) groups excluding carboxylic acids is 1. The molecule has 0 unspecified atom stereocenters. The van der Waals surface area contributed by atoms with Gasteiger partial charge in [0.05, 0.1) is 7.11 Å². The first-order valence-electron chi connectivity index (χ1n) is 5.82. The quantitative estimate of drug-likeness (QED) is 0.882. The van der Waals surface area contributed by atoms with Crippen molar-refractivity contribution in [3.05, 3.63) is 48.2 Å². The highest BCUT2D eigenvalue weighted by atomic mass is 16.5. The van der Waals surface area contributed by atoms with Gasteiger partial charge >= 0.3 is 0 Å². The van der Waals surface area contributed by atoms with Gasteiger partial charge in [-0.25, -0.2) is 4.98 Å². The van der Waals surface area contributed by atoms with E-state index in [9.17, 15) is 4.79 Å². The van der Waals surface area contributed by atoms with E-state index in [1.807, 2.05) is 12.1 Å². The zero-order valence-corrected chi connectivity index (χ0v) is 10.8. The predicted octanol–water partition coefficient (Wildman–Crippen LogP) is 2.38. The molecule has 5 heteroatoms. The minimum Gasteiger partial charge on any atom is -0.497 e. The molecular formula is C14H15N3O2. The molecule has 0 saturated heterocycles. The summed E-state index contributed by atoms with van der Waals surface area (Å²) in [6.45, 7) is 0. The third-order valence-corrected chi connectivity index (χ3v) is 2.61. The molecule has 2 rings (SSSR count). The van der Waals surface area contributed by atoms with Crippen molar-refractivity contribution in [2.24, 2.45) is 0 Å². The van der Waals surface area contributed by atoms with E-state index in [0.29, 0.717) is 22.8 Å². The summed E-state index contributed by atoms with van der Waals surface area (Å²) in [4.78, 5) is 16.1. The topological polar surface area (TPSA) is 63.2 Å². The lowest BCUT2D eigenvalue weighted by Crippen LogP contribution is -2.12. The number of hydrogen-bond acceptors (Lipinski definition) is 4. The summed E-state index contributed by atoms with van der Waals surface area (Å²) in [5.41, 5.74) is 1.23. The van der Waals surface area contributed by atoms with E-state index in [2.05, 4.69) is 15.6 Å². The number of ether oxygens (including phenoxy) is 1. The number of nitrogens with one attached hydrogen (secondary N) is 2. The molecule has 1 aromatic carbocycles. The maximum Gasteiger partial charge on any atom is 0.255 e. The summed E-state index contributed by atoms with van der Waals surface area (Å²) in [5.74, 6) is 1.16. The molecule has 0 saturated carbocycles. The van der Waals surface area contributed by atoms with Crippen LogP contribution in [0.5, 0.6) is 5.75 Å². The number of amides is 1. The van der Waals surface area contributed by atoms with Crippen LogP contribution in [0.25, 0.3) is 0 Å². The lowest BCUT2D eigenvalue weighted by molar-refractivity contribution is 0.102. The van der Waals surface area contributed by atoms with Crippen molar-refractivity contribution in [1.82, 2.24) is 4.98 Å². The number of rotatable bonds is 4. The van der Waals surface area contributed by atoms with Gasteiger partial charge in [-0.2, -0.15) is 0 Å². The third-order valence-electron chi connectivity index (χ3n) is 2.61. The van der Waals surface area contributed by atoms with Crippen LogP contribution >= 0.6 is 0 Å². The second-order valence-corrected chi connectivity index (χ2v) is 3.87. The van der Waals surface area contributed by atoms with Crippen molar-refractivity contribution in [3.8, 4) is 5.75 Å². The van der Waals surface area contributed by atoms with Gasteiger partial charge in [0.25, 0.3) is 5.91 Å². The molecule has 0 aliphatic rings. The Morgan fingerprint density at radius 3 is 2.84 bits per heavy atom. The second-order valence-electron chi connectivity index (χ2n) is 3.87. The standard InChI is InChI=1S/C14H15N3O2/c1-15-13-8-10(6-7-16-13)14(18)17-11-4-3-5-12(9-11)19-2/h3-9H,1-2H3,(H,15,16)(H,17,18). The summed E-state index contributed by atoms with van der Waals surface area (Å²) in [6, 6.07) is 10.6. The summed E-state index contributed by atoms with van der Waals surface area (Å²) in [5, 5.41) is 5.70. The molecule has 0 atom stereocenters. The Bertz CT molecular complexity index is 584. The first-order valence-corrected chi connectivity index (χ1v) is 5.82. The van der Waals surface area contributed by atoms with Gasteiger partial charge in [-0.1, -0.05) is 6.07 Å². The Morgan fingerprint density at radius 1 is 1.26 bits per heavy atom. The van der Waals surface area contributed by atoms with Crippen molar-refractivity contribution >= 4 is 17.4 Å². The molecule has 1 aromatic heterocycles. The number of pyridine rings is 1. The molecule has 0 spiro atoms. The molecule has 2 aromatic rings. The van der Waals surface area contributed by atoms with Gasteiger partial charge < -0.3 is 15.4 Å². The van der Waals surface area contributed by atoms with E-state index in [1.54, 1.807) is 44.6 Å². The highest BCUT2D eigenvalue weighted by Crippen LogP contribution is 2.17. The highest BCUT2D eigenvalue weighted by molar-refractivity contribution is 6.04. The number of nitrogens with zero attached hydrogens (tertiary/aromatic N) is 1. The van der Waals surface area contributed by atoms with E-state index in [0.717, 1.165) is 0 Å². The van der Waals surface area contributed by atoms with Gasteiger partial charge in [0.2, 0.25) is 0 Å². The van der Waals surface area contributed by atoms with Crippen molar-refractivity contribution in [3.63, 3.8) is 0 Å². The number of hydrogen-bond donors (Lipinski definition) is 2. The van der Waals surface area contributed by atoms with Crippen LogP contribution in [0.1, 0.15) is 10.4 Å². The van der Waals surface area contributed by atoms with Gasteiger partial charge in [0, 0.05) is 30.6 Å². The van der Waals surface area contributed by atoms with Crippen LogP contribution in [0.15, 0.2) is 42.6 Å². The van der Waals surface area contributed by atoms with Crippen LogP contribution in [0.4, 0.5) is 11.5 Å². The average molecular weight is 257 g/mol. The van der Waals surface area contributed by atoms with Crippen LogP contribution in [0.3, 0.4) is 0 Å². The third kappa shape index (κ3) is 3.22. The van der Waals surface area contributed by atoms with E-state index >= 15 is 0 Å². The molecule has 1 heterocycles. The van der Waals surface area contributed by atoms with Crippen LogP contribution in [-0.4, -0.2) is 25.0 Å². The molecular weight excluding hydrogens is 242 g/mol. The van der Waals surface area contributed by atoms with Crippen LogP contribution in [0.2, 0.25) is 0 Å².